The fraction of sp³-hybridized carbons (Fsp3) is 0.286. The van der Waals surface area contributed by atoms with E-state index in [1.807, 2.05) is 11.4 Å². The molecule has 1 aromatic rings. The first kappa shape index (κ1) is 6.67. The molecule has 1 atom stereocenters. The van der Waals surface area contributed by atoms with Gasteiger partial charge < -0.3 is 10.5 Å². The third kappa shape index (κ3) is 1.21. The Morgan fingerprint density at radius 1 is 1.73 bits per heavy atom. The Balaban J connectivity index is 2.20. The minimum absolute atomic E-state index is 0.126. The number of rotatable bonds is 1. The van der Waals surface area contributed by atoms with E-state index in [2.05, 4.69) is 10.4 Å². The van der Waals surface area contributed by atoms with Gasteiger partial charge in [-0.15, -0.1) is 0 Å². The maximum absolute atomic E-state index is 5.36. The highest BCUT2D eigenvalue weighted by molar-refractivity contribution is 7.07. The second-order valence-corrected chi connectivity index (χ2v) is 3.13. The molecule has 0 aliphatic carbocycles. The molecule has 0 fully saturated rings. The fourth-order valence-corrected chi connectivity index (χ4v) is 1.73. The first-order chi connectivity index (χ1) is 5.36. The highest BCUT2D eigenvalue weighted by Gasteiger charge is 2.18. The molecule has 2 heterocycles. The summed E-state index contributed by atoms with van der Waals surface area (Å²) in [6, 6.07) is 2.48. The molecule has 58 valence electrons. The van der Waals surface area contributed by atoms with Gasteiger partial charge in [0.25, 0.3) is 6.02 Å². The minimum atomic E-state index is 0.126. The lowest BCUT2D eigenvalue weighted by Gasteiger charge is -1.98. The van der Waals surface area contributed by atoms with Gasteiger partial charge in [0.1, 0.15) is 12.6 Å². The molecule has 0 spiro atoms. The molecule has 0 bridgehead atoms. The Kier molecular flexibility index (Phi) is 1.54. The van der Waals surface area contributed by atoms with Gasteiger partial charge in [-0.05, 0) is 22.4 Å². The first-order valence-electron chi connectivity index (χ1n) is 3.34. The molecule has 3 nitrogen and oxygen atoms in total. The van der Waals surface area contributed by atoms with Gasteiger partial charge >= 0.3 is 0 Å². The molecule has 2 rings (SSSR count). The van der Waals surface area contributed by atoms with Crippen LogP contribution in [-0.4, -0.2) is 12.6 Å². The zero-order chi connectivity index (χ0) is 7.68. The summed E-state index contributed by atoms with van der Waals surface area (Å²) in [5, 5.41) is 4.09. The van der Waals surface area contributed by atoms with E-state index in [1.54, 1.807) is 11.3 Å². The van der Waals surface area contributed by atoms with Gasteiger partial charge in [0.2, 0.25) is 0 Å². The molecular weight excluding hydrogens is 160 g/mol. The van der Waals surface area contributed by atoms with Gasteiger partial charge in [-0.25, -0.2) is 4.99 Å². The molecule has 11 heavy (non-hydrogen) atoms. The second kappa shape index (κ2) is 2.54. The molecule has 0 saturated carbocycles. The maximum Gasteiger partial charge on any atom is 0.282 e. The number of amidine groups is 1. The van der Waals surface area contributed by atoms with E-state index in [4.69, 9.17) is 10.5 Å². The highest BCUT2D eigenvalue weighted by atomic mass is 32.1. The summed E-state index contributed by atoms with van der Waals surface area (Å²) in [7, 11) is 0. The molecule has 1 aliphatic rings. The average Bonchev–Trinajstić information content (AvgIpc) is 2.55. The third-order valence-corrected chi connectivity index (χ3v) is 2.30. The minimum Gasteiger partial charge on any atom is -0.463 e. The lowest BCUT2D eigenvalue weighted by atomic mass is 10.2. The van der Waals surface area contributed by atoms with Crippen LogP contribution in [0.2, 0.25) is 0 Å². The van der Waals surface area contributed by atoms with Crippen LogP contribution in [0.3, 0.4) is 0 Å². The smallest absolute Gasteiger partial charge is 0.282 e. The van der Waals surface area contributed by atoms with Gasteiger partial charge in [-0.3, -0.25) is 0 Å². The number of ether oxygens (including phenoxy) is 1. The molecule has 2 N–H and O–H groups in total. The molecule has 4 heteroatoms. The zero-order valence-electron chi connectivity index (χ0n) is 5.86. The topological polar surface area (TPSA) is 47.6 Å². The Morgan fingerprint density at radius 2 is 2.64 bits per heavy atom. The molecule has 0 radical (unpaired) electrons. The van der Waals surface area contributed by atoms with Gasteiger partial charge in [0, 0.05) is 0 Å². The van der Waals surface area contributed by atoms with Crippen LogP contribution in [0.4, 0.5) is 0 Å². The molecule has 0 amide bonds. The van der Waals surface area contributed by atoms with Gasteiger partial charge in [-0.1, -0.05) is 0 Å². The predicted molar refractivity (Wildman–Crippen MR) is 44.6 cm³/mol. The van der Waals surface area contributed by atoms with Crippen LogP contribution in [0, 0.1) is 0 Å². The largest absolute Gasteiger partial charge is 0.463 e. The number of nitrogens with two attached hydrogens (primary N) is 1. The lowest BCUT2D eigenvalue weighted by molar-refractivity contribution is 0.315. The maximum atomic E-state index is 5.36. The van der Waals surface area contributed by atoms with Crippen molar-refractivity contribution in [3.63, 3.8) is 0 Å². The van der Waals surface area contributed by atoms with E-state index in [-0.39, 0.29) is 6.04 Å². The van der Waals surface area contributed by atoms with E-state index in [0.717, 1.165) is 0 Å². The van der Waals surface area contributed by atoms with Crippen molar-refractivity contribution in [2.75, 3.05) is 6.61 Å². The van der Waals surface area contributed by atoms with Crippen molar-refractivity contribution in [2.45, 2.75) is 6.04 Å². The summed E-state index contributed by atoms with van der Waals surface area (Å²) in [5.74, 6) is 0. The Bertz CT molecular complexity index is 268. The van der Waals surface area contributed by atoms with Crippen LogP contribution >= 0.6 is 11.3 Å². The Hall–Kier alpha value is -1.03. The summed E-state index contributed by atoms with van der Waals surface area (Å²) in [5.41, 5.74) is 6.55. The number of hydrogen-bond acceptors (Lipinski definition) is 4. The van der Waals surface area contributed by atoms with Crippen LogP contribution < -0.4 is 5.73 Å². The molecule has 1 aliphatic heterocycles. The lowest BCUT2D eigenvalue weighted by Crippen LogP contribution is -2.10. The van der Waals surface area contributed by atoms with E-state index in [9.17, 15) is 0 Å². The number of thiophene rings is 1. The first-order valence-corrected chi connectivity index (χ1v) is 4.29. The van der Waals surface area contributed by atoms with Crippen LogP contribution in [-0.2, 0) is 4.74 Å². The molecular formula is C7H8N2OS. The third-order valence-electron chi connectivity index (χ3n) is 1.60. The highest BCUT2D eigenvalue weighted by Crippen LogP contribution is 2.23. The van der Waals surface area contributed by atoms with E-state index in [0.29, 0.717) is 12.6 Å². The molecule has 1 aromatic heterocycles. The summed E-state index contributed by atoms with van der Waals surface area (Å²) < 4.78 is 5.02. The quantitative estimate of drug-likeness (QED) is 0.683. The van der Waals surface area contributed by atoms with E-state index >= 15 is 0 Å². The van der Waals surface area contributed by atoms with Gasteiger partial charge in [0.05, 0.1) is 0 Å². The van der Waals surface area contributed by atoms with E-state index < -0.39 is 0 Å². The molecule has 0 saturated heterocycles. The van der Waals surface area contributed by atoms with Crippen molar-refractivity contribution >= 4 is 17.4 Å². The van der Waals surface area contributed by atoms with Crippen molar-refractivity contribution in [1.29, 1.82) is 0 Å². The van der Waals surface area contributed by atoms with Crippen LogP contribution in [0.5, 0.6) is 0 Å². The van der Waals surface area contributed by atoms with Crippen LogP contribution in [0.25, 0.3) is 0 Å². The number of nitrogens with zero attached hydrogens (tertiary/aromatic N) is 1. The van der Waals surface area contributed by atoms with Crippen molar-refractivity contribution < 1.29 is 4.74 Å². The van der Waals surface area contributed by atoms with Gasteiger partial charge in [-0.2, -0.15) is 11.3 Å². The Labute approximate surface area is 68.5 Å². The summed E-state index contributed by atoms with van der Waals surface area (Å²) in [6.07, 6.45) is 0. The van der Waals surface area contributed by atoms with Crippen LogP contribution in [0.15, 0.2) is 21.8 Å². The number of aliphatic imine (C=N–C) groups is 1. The monoisotopic (exact) mass is 168 g/mol. The van der Waals surface area contributed by atoms with Crippen molar-refractivity contribution in [3.8, 4) is 0 Å². The average molecular weight is 168 g/mol. The zero-order valence-corrected chi connectivity index (χ0v) is 6.67. The molecule has 1 unspecified atom stereocenters. The van der Waals surface area contributed by atoms with Crippen molar-refractivity contribution in [1.82, 2.24) is 0 Å². The summed E-state index contributed by atoms with van der Waals surface area (Å²) in [6.45, 7) is 0.586. The summed E-state index contributed by atoms with van der Waals surface area (Å²) in [4.78, 5) is 4.11. The second-order valence-electron chi connectivity index (χ2n) is 2.35. The fourth-order valence-electron chi connectivity index (χ4n) is 1.03. The number of hydrogen-bond donors (Lipinski definition) is 1. The predicted octanol–water partition coefficient (Wildman–Crippen LogP) is 1.13. The molecule has 0 aromatic carbocycles. The van der Waals surface area contributed by atoms with Crippen molar-refractivity contribution in [3.05, 3.63) is 22.4 Å². The normalized spacial score (nSPS) is 22.9. The summed E-state index contributed by atoms with van der Waals surface area (Å²) >= 11 is 1.66. The SMILES string of the molecule is NC1=NC(c2ccsc2)CO1. The van der Waals surface area contributed by atoms with Crippen molar-refractivity contribution in [2.24, 2.45) is 10.7 Å². The van der Waals surface area contributed by atoms with E-state index in [1.165, 1.54) is 5.56 Å². The standard InChI is InChI=1S/C7H8N2OS/c8-7-9-6(3-10-7)5-1-2-11-4-5/h1-2,4,6H,3H2,(H2,8,9). The van der Waals surface area contributed by atoms with Crippen LogP contribution in [0.1, 0.15) is 11.6 Å². The Morgan fingerprint density at radius 3 is 3.18 bits per heavy atom. The van der Waals surface area contributed by atoms with Gasteiger partial charge in [0.15, 0.2) is 0 Å².